The van der Waals surface area contributed by atoms with Crippen LogP contribution in [0.1, 0.15) is 65.2 Å². The molecule has 0 aromatic heterocycles. The minimum atomic E-state index is -1.69. The van der Waals surface area contributed by atoms with Gasteiger partial charge in [-0.2, -0.15) is 0 Å². The van der Waals surface area contributed by atoms with Gasteiger partial charge in [0.05, 0.1) is 45.6 Å². The molecular weight excluding hydrogens is 943 g/mol. The largest absolute Gasteiger partial charge is 0.394 e. The topological polar surface area (TPSA) is 435 Å². The molecule has 0 spiro atoms. The van der Waals surface area contributed by atoms with E-state index in [1.807, 2.05) is 0 Å². The van der Waals surface area contributed by atoms with Gasteiger partial charge in [-0.25, -0.2) is 0 Å². The fourth-order valence-electron chi connectivity index (χ4n) is 8.74. The summed E-state index contributed by atoms with van der Waals surface area (Å²) in [5.74, 6) is -9.30. The molecular formula is C42H67N13O16. The number of rotatable bonds is 23. The third kappa shape index (κ3) is 15.0. The SMILES string of the molecule is C[C@H](NC(=O)CNC(=O)[C@H](CO)NC(=O)[C@H](CO)NC(=O)[C@@H]1CCCN1C(=O)CNC(=O)CNC(=O)[C@@H](N)[C@@H](C)O)C(=O)N1CCC[C@H]1C(=O)N1CCC[C@H]1C(=O)N1CCC[C@H]1C(=O)N[C@@H](CO)C(N)=O. The number of hydrogen-bond acceptors (Lipinski definition) is 17. The number of aliphatic hydroxyl groups excluding tert-OH is 4. The third-order valence-corrected chi connectivity index (χ3v) is 12.7. The van der Waals surface area contributed by atoms with Gasteiger partial charge in [-0.1, -0.05) is 0 Å². The fourth-order valence-corrected chi connectivity index (χ4v) is 8.74. The van der Waals surface area contributed by atoms with Crippen molar-refractivity contribution in [2.45, 2.75) is 126 Å². The van der Waals surface area contributed by atoms with Gasteiger partial charge in [0.15, 0.2) is 0 Å². The van der Waals surface area contributed by atoms with Gasteiger partial charge >= 0.3 is 0 Å². The quantitative estimate of drug-likeness (QED) is 0.0452. The first kappa shape index (κ1) is 57.0. The van der Waals surface area contributed by atoms with Crippen LogP contribution in [0.3, 0.4) is 0 Å². The molecule has 4 saturated heterocycles. The lowest BCUT2D eigenvalue weighted by molar-refractivity contribution is -0.151. The average Bonchev–Trinajstić information content (AvgIpc) is 4.20. The first-order chi connectivity index (χ1) is 33.6. The molecule has 12 amide bonds. The van der Waals surface area contributed by atoms with Crippen LogP contribution < -0.4 is 48.7 Å². The normalized spacial score (nSPS) is 22.2. The Hall–Kier alpha value is -6.56. The predicted octanol–water partition coefficient (Wildman–Crippen LogP) is -9.57. The summed E-state index contributed by atoms with van der Waals surface area (Å²) in [5, 5.41) is 54.7. The van der Waals surface area contributed by atoms with Crippen molar-refractivity contribution in [3.63, 3.8) is 0 Å². The first-order valence-electron chi connectivity index (χ1n) is 23.4. The molecule has 0 unspecified atom stereocenters. The van der Waals surface area contributed by atoms with E-state index in [1.54, 1.807) is 0 Å². The van der Waals surface area contributed by atoms with Gasteiger partial charge in [-0.15, -0.1) is 0 Å². The molecule has 0 saturated carbocycles. The van der Waals surface area contributed by atoms with Crippen LogP contribution in [0.15, 0.2) is 0 Å². The van der Waals surface area contributed by atoms with Crippen LogP contribution in [0.4, 0.5) is 0 Å². The number of nitrogens with zero attached hydrogens (tertiary/aromatic N) is 4. The summed E-state index contributed by atoms with van der Waals surface area (Å²) >= 11 is 0. The minimum absolute atomic E-state index is 0.110. The van der Waals surface area contributed by atoms with E-state index >= 15 is 0 Å². The standard InChI is InChI=1S/C42H67N13O16/c1-21(40(69)54-13-5-9-28(54)42(71)55-14-6-10-29(55)41(70)53-12-4-8-27(53)38(67)49-23(18-56)34(44)63)48-31(61)16-46-35(64)24(19-57)50-36(65)25(20-58)51-37(66)26-7-3-11-52(26)32(62)17-45-30(60)15-47-39(68)33(43)22(2)59/h21-29,33,56-59H,3-20,43H2,1-2H3,(H2,44,63)(H,45,60)(H,46,64)(H,47,68)(H,48,61)(H,49,67)(H,50,65)(H,51,66)/t21-,22+,23-,24-,25-,26-,27-,28-,29-,33-/m0/s1. The molecule has 10 atom stereocenters. The molecule has 29 heteroatoms. The van der Waals surface area contributed by atoms with Crippen molar-refractivity contribution >= 4 is 70.9 Å². The molecule has 4 rings (SSSR count). The number of amides is 12. The number of carbonyl (C=O) groups is 12. The summed E-state index contributed by atoms with van der Waals surface area (Å²) in [6.07, 6.45) is 1.61. The van der Waals surface area contributed by atoms with Crippen molar-refractivity contribution in [2.24, 2.45) is 11.5 Å². The van der Waals surface area contributed by atoms with E-state index in [-0.39, 0.29) is 45.4 Å². The molecule has 4 heterocycles. The molecule has 0 aliphatic carbocycles. The monoisotopic (exact) mass is 1010 g/mol. The Labute approximate surface area is 407 Å². The molecule has 71 heavy (non-hydrogen) atoms. The van der Waals surface area contributed by atoms with Gasteiger partial charge in [0.1, 0.15) is 54.4 Å². The van der Waals surface area contributed by atoms with Crippen LogP contribution in [-0.2, 0) is 57.5 Å². The molecule has 396 valence electrons. The highest BCUT2D eigenvalue weighted by Crippen LogP contribution is 2.29. The average molecular weight is 1010 g/mol. The molecule has 0 aromatic carbocycles. The predicted molar refractivity (Wildman–Crippen MR) is 241 cm³/mol. The van der Waals surface area contributed by atoms with Gasteiger partial charge in [0, 0.05) is 26.2 Å². The Morgan fingerprint density at radius 1 is 0.521 bits per heavy atom. The summed E-state index contributed by atoms with van der Waals surface area (Å²) < 4.78 is 0. The summed E-state index contributed by atoms with van der Waals surface area (Å²) in [7, 11) is 0. The van der Waals surface area contributed by atoms with Crippen molar-refractivity contribution in [3.8, 4) is 0 Å². The first-order valence-corrected chi connectivity index (χ1v) is 23.4. The van der Waals surface area contributed by atoms with Crippen LogP contribution in [0, 0.1) is 0 Å². The van der Waals surface area contributed by atoms with E-state index in [0.29, 0.717) is 32.1 Å². The second-order valence-electron chi connectivity index (χ2n) is 17.7. The second kappa shape index (κ2) is 26.6. The Morgan fingerprint density at radius 2 is 0.958 bits per heavy atom. The maximum atomic E-state index is 14.0. The molecule has 4 fully saturated rings. The van der Waals surface area contributed by atoms with E-state index in [2.05, 4.69) is 37.2 Å². The molecule has 0 bridgehead atoms. The summed E-state index contributed by atoms with van der Waals surface area (Å²) in [6.45, 7) is -1.17. The Morgan fingerprint density at radius 3 is 1.49 bits per heavy atom. The van der Waals surface area contributed by atoms with E-state index in [1.165, 1.54) is 28.5 Å². The lowest BCUT2D eigenvalue weighted by Crippen LogP contribution is -2.59. The van der Waals surface area contributed by atoms with E-state index < -0.39 is 171 Å². The third-order valence-electron chi connectivity index (χ3n) is 12.7. The maximum Gasteiger partial charge on any atom is 0.246 e. The van der Waals surface area contributed by atoms with E-state index in [9.17, 15) is 78.0 Å². The molecule has 29 nitrogen and oxygen atoms in total. The zero-order chi connectivity index (χ0) is 52.7. The summed E-state index contributed by atoms with van der Waals surface area (Å²) in [4.78, 5) is 160. The van der Waals surface area contributed by atoms with Crippen LogP contribution in [-0.4, -0.2) is 237 Å². The molecule has 15 N–H and O–H groups in total. The lowest BCUT2D eigenvalue weighted by atomic mass is 10.1. The molecule has 4 aliphatic rings. The number of nitrogens with two attached hydrogens (primary N) is 2. The zero-order valence-electron chi connectivity index (χ0n) is 39.6. The van der Waals surface area contributed by atoms with Gasteiger partial charge in [0.2, 0.25) is 70.9 Å². The van der Waals surface area contributed by atoms with Crippen LogP contribution in [0.5, 0.6) is 0 Å². The number of hydrogen-bond donors (Lipinski definition) is 13. The Bertz CT molecular complexity index is 2030. The highest BCUT2D eigenvalue weighted by Gasteiger charge is 2.46. The fraction of sp³-hybridized carbons (Fsp3) is 0.714. The number of aliphatic hydroxyl groups is 4. The zero-order valence-corrected chi connectivity index (χ0v) is 39.6. The van der Waals surface area contributed by atoms with Gasteiger partial charge in [0.25, 0.3) is 0 Å². The van der Waals surface area contributed by atoms with Crippen LogP contribution >= 0.6 is 0 Å². The summed E-state index contributed by atoms with van der Waals surface area (Å²) in [6, 6.07) is -11.1. The van der Waals surface area contributed by atoms with Crippen molar-refractivity contribution in [3.05, 3.63) is 0 Å². The minimum Gasteiger partial charge on any atom is -0.394 e. The lowest BCUT2D eigenvalue weighted by Gasteiger charge is -2.34. The van der Waals surface area contributed by atoms with Gasteiger partial charge in [-0.3, -0.25) is 57.5 Å². The maximum absolute atomic E-state index is 14.0. The number of nitrogens with one attached hydrogen (secondary N) is 7. The number of likely N-dealkylation sites (tertiary alicyclic amines) is 4. The van der Waals surface area contributed by atoms with E-state index in [4.69, 9.17) is 11.5 Å². The Kier molecular flexibility index (Phi) is 21.4. The van der Waals surface area contributed by atoms with Gasteiger partial charge in [-0.05, 0) is 65.2 Å². The van der Waals surface area contributed by atoms with Crippen LogP contribution in [0.25, 0.3) is 0 Å². The molecule has 4 aliphatic heterocycles. The molecule has 0 radical (unpaired) electrons. The van der Waals surface area contributed by atoms with Gasteiger partial charge < -0.3 is 88.7 Å². The second-order valence-corrected chi connectivity index (χ2v) is 17.7. The van der Waals surface area contributed by atoms with Crippen molar-refractivity contribution < 1.29 is 78.0 Å². The van der Waals surface area contributed by atoms with Crippen molar-refractivity contribution in [1.29, 1.82) is 0 Å². The smallest absolute Gasteiger partial charge is 0.246 e. The van der Waals surface area contributed by atoms with Crippen molar-refractivity contribution in [1.82, 2.24) is 56.8 Å². The molecule has 0 aromatic rings. The Balaban J connectivity index is 1.24. The van der Waals surface area contributed by atoms with E-state index in [0.717, 1.165) is 4.90 Å². The summed E-state index contributed by atoms with van der Waals surface area (Å²) in [5.41, 5.74) is 10.7. The highest BCUT2D eigenvalue weighted by molar-refractivity contribution is 5.99. The van der Waals surface area contributed by atoms with Crippen LogP contribution in [0.2, 0.25) is 0 Å². The van der Waals surface area contributed by atoms with Crippen molar-refractivity contribution in [2.75, 3.05) is 65.6 Å². The number of primary amides is 1. The highest BCUT2D eigenvalue weighted by atomic mass is 16.3. The number of carbonyl (C=O) groups excluding carboxylic acids is 12.